The summed E-state index contributed by atoms with van der Waals surface area (Å²) in [6.07, 6.45) is 1.84. The van der Waals surface area contributed by atoms with E-state index in [-0.39, 0.29) is 5.91 Å². The summed E-state index contributed by atoms with van der Waals surface area (Å²) in [6.45, 7) is 4.47. The lowest BCUT2D eigenvalue weighted by atomic mass is 10.1. The lowest BCUT2D eigenvalue weighted by molar-refractivity contribution is -0.113. The molecule has 1 fully saturated rings. The first-order valence-electron chi connectivity index (χ1n) is 11.7. The lowest BCUT2D eigenvalue weighted by Crippen LogP contribution is -2.27. The van der Waals surface area contributed by atoms with Crippen LogP contribution in [0.4, 0.5) is 5.69 Å². The van der Waals surface area contributed by atoms with Gasteiger partial charge in [0.15, 0.2) is 15.8 Å². The topological polar surface area (TPSA) is 38.8 Å². The normalized spacial score (nSPS) is 14.6. The molecule has 0 aliphatic carbocycles. The van der Waals surface area contributed by atoms with Crippen molar-refractivity contribution in [3.05, 3.63) is 104 Å². The Kier molecular flexibility index (Phi) is 7.38. The molecule has 0 spiro atoms. The van der Waals surface area contributed by atoms with Gasteiger partial charge < -0.3 is 9.47 Å². The summed E-state index contributed by atoms with van der Waals surface area (Å²) in [6, 6.07) is 24.1. The smallest absolute Gasteiger partial charge is 0.270 e. The predicted octanol–water partition coefficient (Wildman–Crippen LogP) is 8.21. The van der Waals surface area contributed by atoms with E-state index >= 15 is 0 Å². The number of fused-ring (bicyclic) bond motifs is 1. The van der Waals surface area contributed by atoms with Gasteiger partial charge in [-0.05, 0) is 93.1 Å². The van der Waals surface area contributed by atoms with Gasteiger partial charge in [-0.25, -0.2) is 0 Å². The van der Waals surface area contributed by atoms with E-state index in [0.29, 0.717) is 27.3 Å². The number of aryl methyl sites for hydroxylation is 2. The molecule has 4 nitrogen and oxygen atoms in total. The molecule has 0 saturated carbocycles. The zero-order valence-corrected chi connectivity index (χ0v) is 23.8. The van der Waals surface area contributed by atoms with Crippen molar-refractivity contribution in [1.29, 1.82) is 0 Å². The number of thioether (sulfide) groups is 1. The molecular formula is C30H24BrNO3S2. The summed E-state index contributed by atoms with van der Waals surface area (Å²) in [5.74, 6) is 1.05. The number of nitrogens with zero attached hydrogens (tertiary/aromatic N) is 1. The van der Waals surface area contributed by atoms with Crippen LogP contribution in [-0.4, -0.2) is 17.3 Å². The second kappa shape index (κ2) is 10.7. The number of benzene rings is 4. The van der Waals surface area contributed by atoms with Crippen LogP contribution in [0.1, 0.15) is 22.3 Å². The molecule has 1 aliphatic rings. The Labute approximate surface area is 234 Å². The Morgan fingerprint density at radius 2 is 1.78 bits per heavy atom. The van der Waals surface area contributed by atoms with Gasteiger partial charge in [0.1, 0.15) is 6.61 Å². The summed E-state index contributed by atoms with van der Waals surface area (Å²) >= 11 is 10.5. The van der Waals surface area contributed by atoms with E-state index in [0.717, 1.165) is 32.2 Å². The summed E-state index contributed by atoms with van der Waals surface area (Å²) in [5.41, 5.74) is 4.96. The number of halogens is 1. The van der Waals surface area contributed by atoms with Crippen molar-refractivity contribution in [2.75, 3.05) is 12.0 Å². The zero-order valence-electron chi connectivity index (χ0n) is 20.6. The van der Waals surface area contributed by atoms with Crippen LogP contribution in [0.5, 0.6) is 11.5 Å². The summed E-state index contributed by atoms with van der Waals surface area (Å²) in [4.78, 5) is 15.4. The predicted molar refractivity (Wildman–Crippen MR) is 161 cm³/mol. The van der Waals surface area contributed by atoms with E-state index in [2.05, 4.69) is 40.2 Å². The quantitative estimate of drug-likeness (QED) is 0.167. The van der Waals surface area contributed by atoms with Gasteiger partial charge in [-0.3, -0.25) is 9.69 Å². The minimum absolute atomic E-state index is 0.135. The highest BCUT2D eigenvalue weighted by molar-refractivity contribution is 9.10. The molecule has 0 aromatic heterocycles. The van der Waals surface area contributed by atoms with E-state index in [1.54, 1.807) is 12.0 Å². The standard InChI is InChI=1S/C30H24BrNO3S2/c1-18-11-12-23(13-19(18)2)32-29(33)27(37-30(32)36)16-20-14-25(31)28(26(15-20)34-3)35-17-22-9-6-8-21-7-4-5-10-24(21)22/h4-16H,17H2,1-3H3/b27-16+. The van der Waals surface area contributed by atoms with E-state index in [1.165, 1.54) is 22.7 Å². The molecule has 0 radical (unpaired) electrons. The lowest BCUT2D eigenvalue weighted by Gasteiger charge is -2.16. The number of rotatable bonds is 6. The third-order valence-corrected chi connectivity index (χ3v) is 8.24. The maximum atomic E-state index is 13.3. The Bertz CT molecular complexity index is 1580. The van der Waals surface area contributed by atoms with Gasteiger partial charge in [0.05, 0.1) is 22.2 Å². The largest absolute Gasteiger partial charge is 0.493 e. The van der Waals surface area contributed by atoms with Gasteiger partial charge in [-0.1, -0.05) is 72.5 Å². The molecule has 0 atom stereocenters. The second-order valence-corrected chi connectivity index (χ2v) is 11.3. The van der Waals surface area contributed by atoms with E-state index in [4.69, 9.17) is 21.7 Å². The molecule has 37 heavy (non-hydrogen) atoms. The number of amides is 1. The number of carbonyl (C=O) groups excluding carboxylic acids is 1. The van der Waals surface area contributed by atoms with Gasteiger partial charge in [0.2, 0.25) is 0 Å². The van der Waals surface area contributed by atoms with Crippen LogP contribution in [-0.2, 0) is 11.4 Å². The zero-order chi connectivity index (χ0) is 26.1. The van der Waals surface area contributed by atoms with Crippen LogP contribution >= 0.6 is 39.9 Å². The molecule has 7 heteroatoms. The highest BCUT2D eigenvalue weighted by atomic mass is 79.9. The van der Waals surface area contributed by atoms with Crippen LogP contribution in [0.3, 0.4) is 0 Å². The van der Waals surface area contributed by atoms with Crippen LogP contribution in [0, 0.1) is 13.8 Å². The Morgan fingerprint density at radius 3 is 2.57 bits per heavy atom. The molecule has 1 heterocycles. The maximum Gasteiger partial charge on any atom is 0.270 e. The summed E-state index contributed by atoms with van der Waals surface area (Å²) < 4.78 is 13.1. The number of anilines is 1. The first-order chi connectivity index (χ1) is 17.9. The maximum absolute atomic E-state index is 13.3. The molecular weight excluding hydrogens is 566 g/mol. The monoisotopic (exact) mass is 589 g/mol. The van der Waals surface area contributed by atoms with Crippen LogP contribution in [0.15, 0.2) is 82.2 Å². The average molecular weight is 591 g/mol. The van der Waals surface area contributed by atoms with Crippen molar-refractivity contribution in [3.8, 4) is 11.5 Å². The van der Waals surface area contributed by atoms with Gasteiger partial charge in [0, 0.05) is 0 Å². The molecule has 4 aromatic rings. The Balaban J connectivity index is 1.40. The van der Waals surface area contributed by atoms with Crippen molar-refractivity contribution in [2.45, 2.75) is 20.5 Å². The molecule has 4 aromatic carbocycles. The van der Waals surface area contributed by atoms with E-state index < -0.39 is 0 Å². The molecule has 0 unspecified atom stereocenters. The van der Waals surface area contributed by atoms with Gasteiger partial charge in [0.25, 0.3) is 5.91 Å². The number of methoxy groups -OCH3 is 1. The second-order valence-electron chi connectivity index (χ2n) is 8.75. The molecule has 5 rings (SSSR count). The van der Waals surface area contributed by atoms with Crippen molar-refractivity contribution < 1.29 is 14.3 Å². The van der Waals surface area contributed by atoms with Crippen molar-refractivity contribution >= 4 is 72.7 Å². The number of ether oxygens (including phenoxy) is 2. The van der Waals surface area contributed by atoms with Crippen molar-refractivity contribution in [2.24, 2.45) is 0 Å². The van der Waals surface area contributed by atoms with Gasteiger partial charge in [-0.2, -0.15) is 0 Å². The summed E-state index contributed by atoms with van der Waals surface area (Å²) in [5, 5.41) is 2.32. The summed E-state index contributed by atoms with van der Waals surface area (Å²) in [7, 11) is 1.61. The fourth-order valence-electron chi connectivity index (χ4n) is 4.24. The van der Waals surface area contributed by atoms with E-state index in [9.17, 15) is 4.79 Å². The number of hydrogen-bond donors (Lipinski definition) is 0. The Hall–Kier alpha value is -3.13. The Morgan fingerprint density at radius 1 is 1.00 bits per heavy atom. The SMILES string of the molecule is COc1cc(/C=C2/SC(=S)N(c3ccc(C)c(C)c3)C2=O)cc(Br)c1OCc1cccc2ccccc12. The molecule has 1 amide bonds. The van der Waals surface area contributed by atoms with Gasteiger partial charge >= 0.3 is 0 Å². The van der Waals surface area contributed by atoms with Crippen LogP contribution in [0.2, 0.25) is 0 Å². The molecule has 0 bridgehead atoms. The van der Waals surface area contributed by atoms with Crippen LogP contribution < -0.4 is 14.4 Å². The van der Waals surface area contributed by atoms with E-state index in [1.807, 2.05) is 68.5 Å². The third-order valence-electron chi connectivity index (χ3n) is 6.34. The minimum atomic E-state index is -0.135. The third kappa shape index (κ3) is 5.17. The highest BCUT2D eigenvalue weighted by Gasteiger charge is 2.33. The fourth-order valence-corrected chi connectivity index (χ4v) is 6.11. The first kappa shape index (κ1) is 25.5. The molecule has 1 aliphatic heterocycles. The number of thiocarbonyl (C=S) groups is 1. The minimum Gasteiger partial charge on any atom is -0.493 e. The highest BCUT2D eigenvalue weighted by Crippen LogP contribution is 2.41. The molecule has 186 valence electrons. The average Bonchev–Trinajstić information content (AvgIpc) is 3.17. The van der Waals surface area contributed by atoms with Crippen molar-refractivity contribution in [1.82, 2.24) is 0 Å². The number of hydrogen-bond acceptors (Lipinski definition) is 5. The van der Waals surface area contributed by atoms with Crippen molar-refractivity contribution in [3.63, 3.8) is 0 Å². The number of carbonyl (C=O) groups is 1. The molecule has 0 N–H and O–H groups in total. The first-order valence-corrected chi connectivity index (χ1v) is 13.7. The van der Waals surface area contributed by atoms with Crippen LogP contribution in [0.25, 0.3) is 16.8 Å². The van der Waals surface area contributed by atoms with Gasteiger partial charge in [-0.15, -0.1) is 0 Å². The fraction of sp³-hybridized carbons (Fsp3) is 0.133. The molecule has 1 saturated heterocycles.